The first-order valence-corrected chi connectivity index (χ1v) is 8.39. The number of likely N-dealkylation sites (N-methyl/N-ethyl adjacent to an activating group) is 1. The number of fused-ring (bicyclic) bond motifs is 1. The van der Waals surface area contributed by atoms with Crippen LogP contribution in [0, 0.1) is 0 Å². The number of amides is 1. The minimum Gasteiger partial charge on any atom is -0.367 e. The van der Waals surface area contributed by atoms with Crippen molar-refractivity contribution in [3.05, 3.63) is 46.7 Å². The van der Waals surface area contributed by atoms with Crippen LogP contribution in [0.1, 0.15) is 9.67 Å². The topological polar surface area (TPSA) is 26.8 Å². The number of thiophene rings is 1. The largest absolute Gasteiger partial charge is 0.367 e. The van der Waals surface area contributed by atoms with Gasteiger partial charge < -0.3 is 14.7 Å². The Balaban J connectivity index is 1.86. The third-order valence-electron chi connectivity index (χ3n) is 3.90. The van der Waals surface area contributed by atoms with Crippen LogP contribution in [0.15, 0.2) is 41.8 Å². The van der Waals surface area contributed by atoms with Crippen molar-refractivity contribution >= 4 is 28.6 Å². The van der Waals surface area contributed by atoms with E-state index in [1.54, 1.807) is 0 Å². The molecule has 1 aliphatic rings. The molecule has 3 rings (SSSR count). The van der Waals surface area contributed by atoms with Crippen molar-refractivity contribution in [3.63, 3.8) is 0 Å². The van der Waals surface area contributed by atoms with E-state index in [2.05, 4.69) is 30.0 Å². The lowest BCUT2D eigenvalue weighted by Crippen LogP contribution is -2.45. The smallest absolute Gasteiger partial charge is 0.268 e. The molecule has 2 aromatic rings. The number of para-hydroxylation sites is 2. The minimum absolute atomic E-state index is 0.106. The van der Waals surface area contributed by atoms with Gasteiger partial charge in [0.2, 0.25) is 0 Å². The Labute approximate surface area is 135 Å². The second-order valence-corrected chi connectivity index (χ2v) is 6.66. The number of hydrogen-bond donors (Lipinski definition) is 0. The summed E-state index contributed by atoms with van der Waals surface area (Å²) in [5, 5.41) is 1.95. The molecule has 0 saturated heterocycles. The summed E-state index contributed by atoms with van der Waals surface area (Å²) in [5.41, 5.74) is 2.17. The molecule has 116 valence electrons. The van der Waals surface area contributed by atoms with Gasteiger partial charge in [0.15, 0.2) is 0 Å². The van der Waals surface area contributed by atoms with Gasteiger partial charge >= 0.3 is 0 Å². The Hall–Kier alpha value is -1.85. The second-order valence-electron chi connectivity index (χ2n) is 5.71. The fourth-order valence-electron chi connectivity index (χ4n) is 2.72. The molecule has 0 spiro atoms. The maximum absolute atomic E-state index is 12.7. The van der Waals surface area contributed by atoms with Crippen molar-refractivity contribution in [1.29, 1.82) is 0 Å². The summed E-state index contributed by atoms with van der Waals surface area (Å²) in [4.78, 5) is 20.0. The summed E-state index contributed by atoms with van der Waals surface area (Å²) >= 11 is 1.50. The molecule has 0 N–H and O–H groups in total. The van der Waals surface area contributed by atoms with Crippen LogP contribution in [0.25, 0.3) is 0 Å². The third kappa shape index (κ3) is 3.00. The highest BCUT2D eigenvalue weighted by Gasteiger charge is 2.27. The van der Waals surface area contributed by atoms with E-state index < -0.39 is 0 Å². The van der Waals surface area contributed by atoms with Crippen LogP contribution in [-0.4, -0.2) is 51.1 Å². The molecule has 0 bridgehead atoms. The third-order valence-corrected chi connectivity index (χ3v) is 4.76. The molecule has 0 unspecified atom stereocenters. The van der Waals surface area contributed by atoms with Crippen LogP contribution in [0.4, 0.5) is 11.4 Å². The minimum atomic E-state index is 0.106. The highest BCUT2D eigenvalue weighted by atomic mass is 32.1. The standard InChI is InChI=1S/C17H21N3OS/c1-18(2)9-10-19-11-12-20(15-7-4-3-6-14(15)19)17(21)16-8-5-13-22-16/h3-8,13H,9-12H2,1-2H3. The molecule has 1 aromatic heterocycles. The number of carbonyl (C=O) groups excluding carboxylic acids is 1. The van der Waals surface area contributed by atoms with Gasteiger partial charge in [0.05, 0.1) is 16.3 Å². The molecule has 1 amide bonds. The lowest BCUT2D eigenvalue weighted by atomic mass is 10.1. The summed E-state index contributed by atoms with van der Waals surface area (Å²) in [7, 11) is 4.17. The van der Waals surface area contributed by atoms with Gasteiger partial charge in [-0.2, -0.15) is 0 Å². The van der Waals surface area contributed by atoms with Crippen LogP contribution >= 0.6 is 11.3 Å². The van der Waals surface area contributed by atoms with E-state index in [1.807, 2.05) is 40.6 Å². The maximum atomic E-state index is 12.7. The Morgan fingerprint density at radius 2 is 1.91 bits per heavy atom. The molecule has 5 heteroatoms. The molecule has 0 atom stereocenters. The first-order valence-electron chi connectivity index (χ1n) is 7.51. The molecule has 1 aromatic carbocycles. The van der Waals surface area contributed by atoms with Gasteiger partial charge in [0.1, 0.15) is 0 Å². The molecule has 0 fully saturated rings. The van der Waals surface area contributed by atoms with Gasteiger partial charge in [-0.05, 0) is 37.7 Å². The van der Waals surface area contributed by atoms with Gasteiger partial charge in [-0.25, -0.2) is 0 Å². The summed E-state index contributed by atoms with van der Waals surface area (Å²) in [6.07, 6.45) is 0. The van der Waals surface area contributed by atoms with E-state index in [0.717, 1.165) is 42.4 Å². The van der Waals surface area contributed by atoms with E-state index in [9.17, 15) is 4.79 Å². The van der Waals surface area contributed by atoms with E-state index in [0.29, 0.717) is 0 Å². The van der Waals surface area contributed by atoms with Crippen molar-refractivity contribution in [1.82, 2.24) is 4.90 Å². The van der Waals surface area contributed by atoms with Crippen LogP contribution in [0.3, 0.4) is 0 Å². The summed E-state index contributed by atoms with van der Waals surface area (Å²) in [6.45, 7) is 3.60. The quantitative estimate of drug-likeness (QED) is 0.868. The zero-order valence-electron chi connectivity index (χ0n) is 13.0. The van der Waals surface area contributed by atoms with Crippen molar-refractivity contribution < 1.29 is 4.79 Å². The predicted octanol–water partition coefficient (Wildman–Crippen LogP) is 2.78. The zero-order valence-corrected chi connectivity index (χ0v) is 13.8. The SMILES string of the molecule is CN(C)CCN1CCN(C(=O)c2cccs2)c2ccccc21. The zero-order chi connectivity index (χ0) is 15.5. The van der Waals surface area contributed by atoms with Crippen LogP contribution in [0.2, 0.25) is 0 Å². The van der Waals surface area contributed by atoms with E-state index in [-0.39, 0.29) is 5.91 Å². The fourth-order valence-corrected chi connectivity index (χ4v) is 3.39. The number of anilines is 2. The van der Waals surface area contributed by atoms with E-state index >= 15 is 0 Å². The lowest BCUT2D eigenvalue weighted by Gasteiger charge is -2.38. The molecule has 1 aliphatic heterocycles. The Bertz CT molecular complexity index is 639. The van der Waals surface area contributed by atoms with E-state index in [4.69, 9.17) is 0 Å². The fraction of sp³-hybridized carbons (Fsp3) is 0.353. The monoisotopic (exact) mass is 315 g/mol. The molecular formula is C17H21N3OS. The predicted molar refractivity (Wildman–Crippen MR) is 93.2 cm³/mol. The molecule has 0 aliphatic carbocycles. The van der Waals surface area contributed by atoms with Crippen LogP contribution in [-0.2, 0) is 0 Å². The Morgan fingerprint density at radius 3 is 2.59 bits per heavy atom. The first kappa shape index (κ1) is 15.1. The van der Waals surface area contributed by atoms with Gasteiger partial charge in [-0.15, -0.1) is 11.3 Å². The number of carbonyl (C=O) groups is 1. The molecule has 22 heavy (non-hydrogen) atoms. The van der Waals surface area contributed by atoms with Crippen molar-refractivity contribution in [2.75, 3.05) is 50.1 Å². The summed E-state index contributed by atoms with van der Waals surface area (Å²) in [6, 6.07) is 12.0. The highest BCUT2D eigenvalue weighted by Crippen LogP contribution is 2.33. The molecule has 0 saturated carbocycles. The Kier molecular flexibility index (Phi) is 4.45. The maximum Gasteiger partial charge on any atom is 0.268 e. The summed E-state index contributed by atoms with van der Waals surface area (Å²) < 4.78 is 0. The van der Waals surface area contributed by atoms with E-state index in [1.165, 1.54) is 11.3 Å². The van der Waals surface area contributed by atoms with Gasteiger partial charge in [-0.3, -0.25) is 4.79 Å². The summed E-state index contributed by atoms with van der Waals surface area (Å²) in [5.74, 6) is 0.106. The number of hydrogen-bond acceptors (Lipinski definition) is 4. The van der Waals surface area contributed by atoms with Crippen molar-refractivity contribution in [3.8, 4) is 0 Å². The molecule has 0 radical (unpaired) electrons. The number of nitrogens with zero attached hydrogens (tertiary/aromatic N) is 3. The van der Waals surface area contributed by atoms with Gasteiger partial charge in [0.25, 0.3) is 5.91 Å². The molecule has 2 heterocycles. The van der Waals surface area contributed by atoms with Crippen molar-refractivity contribution in [2.24, 2.45) is 0 Å². The normalized spacial score (nSPS) is 14.3. The van der Waals surface area contributed by atoms with Gasteiger partial charge in [-0.1, -0.05) is 18.2 Å². The Morgan fingerprint density at radius 1 is 1.14 bits per heavy atom. The molecule has 4 nitrogen and oxygen atoms in total. The first-order chi connectivity index (χ1) is 10.7. The average Bonchev–Trinajstić information content (AvgIpc) is 3.06. The number of benzene rings is 1. The second kappa shape index (κ2) is 6.50. The number of rotatable bonds is 4. The molecular weight excluding hydrogens is 294 g/mol. The highest BCUT2D eigenvalue weighted by molar-refractivity contribution is 7.12. The van der Waals surface area contributed by atoms with Crippen LogP contribution in [0.5, 0.6) is 0 Å². The van der Waals surface area contributed by atoms with Crippen LogP contribution < -0.4 is 9.80 Å². The lowest BCUT2D eigenvalue weighted by molar-refractivity contribution is 0.0990. The van der Waals surface area contributed by atoms with Crippen molar-refractivity contribution in [2.45, 2.75) is 0 Å². The average molecular weight is 315 g/mol. The van der Waals surface area contributed by atoms with Gasteiger partial charge in [0, 0.05) is 26.2 Å².